The van der Waals surface area contributed by atoms with E-state index < -0.39 is 11.8 Å². The molecule has 0 aromatic heterocycles. The molecule has 0 atom stereocenters. The van der Waals surface area contributed by atoms with E-state index in [2.05, 4.69) is 6.92 Å². The van der Waals surface area contributed by atoms with Gasteiger partial charge in [0.25, 0.3) is 0 Å². The van der Waals surface area contributed by atoms with Crippen molar-refractivity contribution in [2.45, 2.75) is 45.1 Å². The van der Waals surface area contributed by atoms with Gasteiger partial charge in [0.05, 0.1) is 6.10 Å². The Hall–Kier alpha value is -1.84. The molecule has 0 bridgehead atoms. The van der Waals surface area contributed by atoms with Crippen LogP contribution in [-0.2, 0) is 4.79 Å². The van der Waals surface area contributed by atoms with Crippen molar-refractivity contribution in [1.29, 1.82) is 0 Å². The molecule has 3 nitrogen and oxygen atoms in total. The van der Waals surface area contributed by atoms with Gasteiger partial charge in [-0.1, -0.05) is 25.5 Å². The number of aliphatic carboxylic acids is 1. The molecular formula is C17H21FO3. The SMILES string of the molecule is CCC1CCC(Oc2c(F)cccc2/C=C/C(=O)O)CC1. The minimum absolute atomic E-state index is 0.0154. The Balaban J connectivity index is 2.10. The number of hydrogen-bond donors (Lipinski definition) is 1. The van der Waals surface area contributed by atoms with Crippen LogP contribution in [0.2, 0.25) is 0 Å². The Morgan fingerprint density at radius 1 is 1.38 bits per heavy atom. The summed E-state index contributed by atoms with van der Waals surface area (Å²) in [5.41, 5.74) is 0.468. The summed E-state index contributed by atoms with van der Waals surface area (Å²) in [6.45, 7) is 2.19. The fourth-order valence-electron chi connectivity index (χ4n) is 2.77. The minimum Gasteiger partial charge on any atom is -0.487 e. The average Bonchev–Trinajstić information content (AvgIpc) is 2.48. The molecule has 114 valence electrons. The first-order valence-corrected chi connectivity index (χ1v) is 7.46. The number of halogens is 1. The second-order valence-electron chi connectivity index (χ2n) is 5.50. The van der Waals surface area contributed by atoms with E-state index >= 15 is 0 Å². The molecular weight excluding hydrogens is 271 g/mol. The topological polar surface area (TPSA) is 46.5 Å². The fourth-order valence-corrected chi connectivity index (χ4v) is 2.77. The highest BCUT2D eigenvalue weighted by molar-refractivity contribution is 5.85. The van der Waals surface area contributed by atoms with E-state index in [-0.39, 0.29) is 11.9 Å². The third-order valence-electron chi connectivity index (χ3n) is 4.06. The van der Waals surface area contributed by atoms with Crippen LogP contribution in [0.1, 0.15) is 44.6 Å². The number of para-hydroxylation sites is 1. The summed E-state index contributed by atoms with van der Waals surface area (Å²) in [4.78, 5) is 10.6. The number of hydrogen-bond acceptors (Lipinski definition) is 2. The van der Waals surface area contributed by atoms with E-state index in [0.717, 1.165) is 37.7 Å². The van der Waals surface area contributed by atoms with Gasteiger partial charge in [-0.25, -0.2) is 9.18 Å². The van der Waals surface area contributed by atoms with Crippen LogP contribution in [0.25, 0.3) is 6.08 Å². The van der Waals surface area contributed by atoms with E-state index in [1.165, 1.54) is 18.6 Å². The van der Waals surface area contributed by atoms with E-state index in [1.54, 1.807) is 12.1 Å². The van der Waals surface area contributed by atoms with Crippen molar-refractivity contribution in [2.24, 2.45) is 5.92 Å². The van der Waals surface area contributed by atoms with Crippen LogP contribution in [0, 0.1) is 11.7 Å². The Morgan fingerprint density at radius 2 is 2.10 bits per heavy atom. The molecule has 1 fully saturated rings. The zero-order valence-electron chi connectivity index (χ0n) is 12.2. The Kier molecular flexibility index (Phi) is 5.37. The van der Waals surface area contributed by atoms with Crippen LogP contribution < -0.4 is 4.74 Å². The number of rotatable bonds is 5. The summed E-state index contributed by atoms with van der Waals surface area (Å²) in [5.74, 6) is -0.597. The summed E-state index contributed by atoms with van der Waals surface area (Å²) in [5, 5.41) is 8.69. The normalized spacial score (nSPS) is 22.4. The van der Waals surface area contributed by atoms with Crippen molar-refractivity contribution >= 4 is 12.0 Å². The van der Waals surface area contributed by atoms with Crippen molar-refractivity contribution in [2.75, 3.05) is 0 Å². The van der Waals surface area contributed by atoms with Gasteiger partial charge in [0.2, 0.25) is 0 Å². The first-order valence-electron chi connectivity index (χ1n) is 7.46. The molecule has 0 unspecified atom stereocenters. The second-order valence-corrected chi connectivity index (χ2v) is 5.50. The first-order chi connectivity index (χ1) is 10.1. The van der Waals surface area contributed by atoms with E-state index in [0.29, 0.717) is 5.56 Å². The average molecular weight is 292 g/mol. The van der Waals surface area contributed by atoms with Crippen LogP contribution in [0.4, 0.5) is 4.39 Å². The lowest BCUT2D eigenvalue weighted by molar-refractivity contribution is -0.131. The summed E-state index contributed by atoms with van der Waals surface area (Å²) in [6, 6.07) is 4.55. The molecule has 21 heavy (non-hydrogen) atoms. The highest BCUT2D eigenvalue weighted by Crippen LogP contribution is 2.32. The zero-order chi connectivity index (χ0) is 15.2. The summed E-state index contributed by atoms with van der Waals surface area (Å²) in [6.07, 6.45) is 7.63. The highest BCUT2D eigenvalue weighted by atomic mass is 19.1. The number of carbonyl (C=O) groups is 1. The molecule has 1 N–H and O–H groups in total. The molecule has 1 aliphatic rings. The maximum absolute atomic E-state index is 14.0. The van der Waals surface area contributed by atoms with Crippen molar-refractivity contribution in [3.05, 3.63) is 35.7 Å². The summed E-state index contributed by atoms with van der Waals surface area (Å²) in [7, 11) is 0. The molecule has 1 saturated carbocycles. The Labute approximate surface area is 124 Å². The van der Waals surface area contributed by atoms with E-state index in [9.17, 15) is 9.18 Å². The van der Waals surface area contributed by atoms with Gasteiger partial charge < -0.3 is 9.84 Å². The van der Waals surface area contributed by atoms with Crippen molar-refractivity contribution in [3.8, 4) is 5.75 Å². The van der Waals surface area contributed by atoms with Gasteiger partial charge in [-0.3, -0.25) is 0 Å². The second kappa shape index (κ2) is 7.25. The number of carboxylic acids is 1. The van der Waals surface area contributed by atoms with Crippen molar-refractivity contribution < 1.29 is 19.0 Å². The van der Waals surface area contributed by atoms with Crippen molar-refractivity contribution in [3.63, 3.8) is 0 Å². The smallest absolute Gasteiger partial charge is 0.328 e. The molecule has 2 rings (SSSR count). The fraction of sp³-hybridized carbons (Fsp3) is 0.471. The molecule has 0 aliphatic heterocycles. The number of carboxylic acid groups (broad SMARTS) is 1. The van der Waals surface area contributed by atoms with E-state index in [1.807, 2.05) is 0 Å². The van der Waals surface area contributed by atoms with Gasteiger partial charge in [0, 0.05) is 11.6 Å². The molecule has 1 aliphatic carbocycles. The van der Waals surface area contributed by atoms with Crippen LogP contribution in [0.5, 0.6) is 5.75 Å². The summed E-state index contributed by atoms with van der Waals surface area (Å²) >= 11 is 0. The maximum Gasteiger partial charge on any atom is 0.328 e. The zero-order valence-corrected chi connectivity index (χ0v) is 12.2. The van der Waals surface area contributed by atoms with Crippen LogP contribution in [0.3, 0.4) is 0 Å². The third-order valence-corrected chi connectivity index (χ3v) is 4.06. The minimum atomic E-state index is -1.06. The van der Waals surface area contributed by atoms with Gasteiger partial charge in [-0.15, -0.1) is 0 Å². The predicted octanol–water partition coefficient (Wildman–Crippen LogP) is 4.27. The van der Waals surface area contributed by atoms with E-state index in [4.69, 9.17) is 9.84 Å². The number of ether oxygens (including phenoxy) is 1. The molecule has 0 amide bonds. The van der Waals surface area contributed by atoms with Gasteiger partial charge in [0.1, 0.15) is 0 Å². The van der Waals surface area contributed by atoms with Crippen LogP contribution in [0.15, 0.2) is 24.3 Å². The molecule has 0 heterocycles. The van der Waals surface area contributed by atoms with Gasteiger partial charge in [-0.2, -0.15) is 0 Å². The van der Waals surface area contributed by atoms with Crippen LogP contribution >= 0.6 is 0 Å². The third kappa shape index (κ3) is 4.31. The summed E-state index contributed by atoms with van der Waals surface area (Å²) < 4.78 is 19.8. The van der Waals surface area contributed by atoms with Gasteiger partial charge in [0.15, 0.2) is 11.6 Å². The molecule has 0 saturated heterocycles. The van der Waals surface area contributed by atoms with Crippen LogP contribution in [-0.4, -0.2) is 17.2 Å². The van der Waals surface area contributed by atoms with Gasteiger partial charge in [-0.05, 0) is 43.7 Å². The molecule has 1 aromatic rings. The maximum atomic E-state index is 14.0. The number of benzene rings is 1. The lowest BCUT2D eigenvalue weighted by Gasteiger charge is -2.28. The lowest BCUT2D eigenvalue weighted by atomic mass is 9.86. The highest BCUT2D eigenvalue weighted by Gasteiger charge is 2.22. The first kappa shape index (κ1) is 15.5. The standard InChI is InChI=1S/C17H21FO3/c1-2-12-6-9-14(10-7-12)21-17-13(8-11-16(19)20)4-3-5-15(17)18/h3-5,8,11-12,14H,2,6-7,9-10H2,1H3,(H,19,20)/b11-8+. The van der Waals surface area contributed by atoms with Gasteiger partial charge >= 0.3 is 5.97 Å². The Morgan fingerprint density at radius 3 is 2.71 bits per heavy atom. The molecule has 4 heteroatoms. The molecule has 1 aromatic carbocycles. The lowest BCUT2D eigenvalue weighted by Crippen LogP contribution is -2.24. The molecule has 0 spiro atoms. The monoisotopic (exact) mass is 292 g/mol. The molecule has 0 radical (unpaired) electrons. The predicted molar refractivity (Wildman–Crippen MR) is 79.7 cm³/mol. The Bertz CT molecular complexity index is 517. The van der Waals surface area contributed by atoms with Crippen molar-refractivity contribution in [1.82, 2.24) is 0 Å². The largest absolute Gasteiger partial charge is 0.487 e. The quantitative estimate of drug-likeness (QED) is 0.824.